The zero-order valence-corrected chi connectivity index (χ0v) is 21.6. The normalized spacial score (nSPS) is 24.9. The van der Waals surface area contributed by atoms with E-state index in [0.29, 0.717) is 6.54 Å². The molecule has 4 heterocycles. The molecule has 0 saturated carbocycles. The van der Waals surface area contributed by atoms with E-state index in [4.69, 9.17) is 0 Å². The molecule has 8 nitrogen and oxygen atoms in total. The van der Waals surface area contributed by atoms with E-state index >= 15 is 0 Å². The Labute approximate surface area is 208 Å². The van der Waals surface area contributed by atoms with Crippen molar-refractivity contribution < 1.29 is 4.79 Å². The Morgan fingerprint density at radius 3 is 2.74 bits per heavy atom. The van der Waals surface area contributed by atoms with Crippen LogP contribution in [0.25, 0.3) is 0 Å². The molecule has 5 rings (SSSR count). The highest BCUT2D eigenvalue weighted by atomic mass is 16.2. The van der Waals surface area contributed by atoms with Crippen molar-refractivity contribution in [3.05, 3.63) is 53.3 Å². The van der Waals surface area contributed by atoms with Crippen molar-refractivity contribution in [1.82, 2.24) is 25.9 Å². The molecular weight excluding hydrogens is 438 g/mol. The molecule has 0 radical (unpaired) electrons. The van der Waals surface area contributed by atoms with E-state index in [1.54, 1.807) is 0 Å². The predicted octanol–water partition coefficient (Wildman–Crippen LogP) is 2.92. The SMILES string of the molecule is CC(C)N1C(=O)C2CNC(Nc3ccc4c(c3)CCCNC4)NC2N1c1ccnc(C(C)(C)C)c1. The van der Waals surface area contributed by atoms with Gasteiger partial charge >= 0.3 is 0 Å². The monoisotopic (exact) mass is 477 g/mol. The Bertz CT molecular complexity index is 1080. The number of nitrogens with zero attached hydrogens (tertiary/aromatic N) is 3. The maximum absolute atomic E-state index is 13.5. The fourth-order valence-corrected chi connectivity index (χ4v) is 5.34. The molecule has 1 aromatic carbocycles. The van der Waals surface area contributed by atoms with Crippen molar-refractivity contribution in [2.24, 2.45) is 5.92 Å². The van der Waals surface area contributed by atoms with Gasteiger partial charge in [-0.1, -0.05) is 26.8 Å². The molecule has 4 N–H and O–H groups in total. The third-order valence-corrected chi connectivity index (χ3v) is 7.20. The number of anilines is 2. The molecule has 188 valence electrons. The summed E-state index contributed by atoms with van der Waals surface area (Å²) < 4.78 is 0. The van der Waals surface area contributed by atoms with Crippen LogP contribution in [0.15, 0.2) is 36.5 Å². The Morgan fingerprint density at radius 2 is 1.97 bits per heavy atom. The third kappa shape index (κ3) is 4.75. The van der Waals surface area contributed by atoms with Gasteiger partial charge in [-0.2, -0.15) is 0 Å². The summed E-state index contributed by atoms with van der Waals surface area (Å²) >= 11 is 0. The summed E-state index contributed by atoms with van der Waals surface area (Å²) in [5, 5.41) is 18.4. The minimum absolute atomic E-state index is 0.0470. The molecule has 3 aliphatic heterocycles. The van der Waals surface area contributed by atoms with Crippen LogP contribution in [0.1, 0.15) is 57.9 Å². The van der Waals surface area contributed by atoms with Gasteiger partial charge < -0.3 is 10.6 Å². The van der Waals surface area contributed by atoms with Gasteiger partial charge in [0.1, 0.15) is 12.5 Å². The predicted molar refractivity (Wildman–Crippen MR) is 140 cm³/mol. The number of aryl methyl sites for hydroxylation is 1. The summed E-state index contributed by atoms with van der Waals surface area (Å²) in [5.41, 5.74) is 5.80. The maximum Gasteiger partial charge on any atom is 0.249 e. The number of hydrogen-bond acceptors (Lipinski definition) is 7. The molecule has 3 atom stereocenters. The molecule has 1 amide bonds. The molecule has 2 saturated heterocycles. The van der Waals surface area contributed by atoms with E-state index in [1.807, 2.05) is 17.3 Å². The van der Waals surface area contributed by atoms with E-state index in [-0.39, 0.29) is 35.7 Å². The maximum atomic E-state index is 13.5. The molecule has 8 heteroatoms. The highest BCUT2D eigenvalue weighted by Gasteiger charge is 2.50. The van der Waals surface area contributed by atoms with Gasteiger partial charge in [0.2, 0.25) is 5.91 Å². The second-order valence-electron chi connectivity index (χ2n) is 11.2. The highest BCUT2D eigenvalue weighted by molar-refractivity contribution is 5.86. The van der Waals surface area contributed by atoms with Crippen LogP contribution < -0.4 is 26.3 Å². The van der Waals surface area contributed by atoms with Crippen molar-refractivity contribution in [3.63, 3.8) is 0 Å². The molecule has 1 aromatic heterocycles. The molecule has 3 aliphatic rings. The Hall–Kier alpha value is -2.68. The van der Waals surface area contributed by atoms with E-state index in [2.05, 4.69) is 90.1 Å². The first-order valence-electron chi connectivity index (χ1n) is 12.9. The minimum Gasteiger partial charge on any atom is -0.358 e. The number of nitrogens with one attached hydrogen (secondary N) is 4. The summed E-state index contributed by atoms with van der Waals surface area (Å²) in [6, 6.07) is 10.8. The van der Waals surface area contributed by atoms with Crippen LogP contribution in [0, 0.1) is 5.92 Å². The van der Waals surface area contributed by atoms with Crippen molar-refractivity contribution in [1.29, 1.82) is 0 Å². The smallest absolute Gasteiger partial charge is 0.249 e. The van der Waals surface area contributed by atoms with E-state index < -0.39 is 0 Å². The molecule has 0 bridgehead atoms. The van der Waals surface area contributed by atoms with E-state index in [9.17, 15) is 4.79 Å². The number of benzene rings is 1. The first-order chi connectivity index (χ1) is 16.7. The van der Waals surface area contributed by atoms with Crippen LogP contribution in [-0.4, -0.2) is 47.5 Å². The Balaban J connectivity index is 1.40. The number of carbonyl (C=O) groups excluding carboxylic acids is 1. The molecule has 2 fully saturated rings. The average molecular weight is 478 g/mol. The Kier molecular flexibility index (Phi) is 6.46. The lowest BCUT2D eigenvalue weighted by molar-refractivity contribution is -0.132. The van der Waals surface area contributed by atoms with Gasteiger partial charge in [-0.3, -0.25) is 25.4 Å². The van der Waals surface area contributed by atoms with Crippen LogP contribution in [0.5, 0.6) is 0 Å². The lowest BCUT2D eigenvalue weighted by Gasteiger charge is -2.40. The average Bonchev–Trinajstić information content (AvgIpc) is 2.95. The quantitative estimate of drug-likeness (QED) is 0.539. The van der Waals surface area contributed by atoms with Gasteiger partial charge in [-0.15, -0.1) is 0 Å². The van der Waals surface area contributed by atoms with Crippen LogP contribution >= 0.6 is 0 Å². The van der Waals surface area contributed by atoms with Crippen molar-refractivity contribution in [2.45, 2.75) is 77.9 Å². The van der Waals surface area contributed by atoms with Crippen LogP contribution in [0.2, 0.25) is 0 Å². The summed E-state index contributed by atoms with van der Waals surface area (Å²) in [7, 11) is 0. The standard InChI is InChI=1S/C27H39N7O/c1-17(2)33-25(35)22-16-30-26(31-20-9-8-19-15-28-11-6-7-18(19)13-20)32-24(22)34(33)21-10-12-29-23(14-21)27(3,4)5/h8-10,12-14,17,22,24,26,28,30-32H,6-7,11,15-16H2,1-5H3. The number of hydrogen-bond donors (Lipinski definition) is 4. The van der Waals surface area contributed by atoms with Crippen molar-refractivity contribution in [3.8, 4) is 0 Å². The summed E-state index contributed by atoms with van der Waals surface area (Å²) in [5.74, 6) is -0.0186. The lowest BCUT2D eigenvalue weighted by Crippen LogP contribution is -2.64. The van der Waals surface area contributed by atoms with Gasteiger partial charge in [0.05, 0.1) is 11.6 Å². The molecule has 0 spiro atoms. The number of fused-ring (bicyclic) bond motifs is 2. The van der Waals surface area contributed by atoms with Crippen LogP contribution in [0.4, 0.5) is 11.4 Å². The minimum atomic E-state index is -0.167. The van der Waals surface area contributed by atoms with Gasteiger partial charge in [0, 0.05) is 42.1 Å². The van der Waals surface area contributed by atoms with E-state index in [1.165, 1.54) is 11.1 Å². The molecule has 3 unspecified atom stereocenters. The number of amides is 1. The molecule has 35 heavy (non-hydrogen) atoms. The fraction of sp³-hybridized carbons (Fsp3) is 0.556. The largest absolute Gasteiger partial charge is 0.358 e. The van der Waals surface area contributed by atoms with Gasteiger partial charge in [0.15, 0.2) is 0 Å². The number of rotatable bonds is 4. The fourth-order valence-electron chi connectivity index (χ4n) is 5.34. The molecular formula is C27H39N7O. The second-order valence-corrected chi connectivity index (χ2v) is 11.2. The van der Waals surface area contributed by atoms with Crippen molar-refractivity contribution >= 4 is 17.3 Å². The molecule has 0 aliphatic carbocycles. The first kappa shape index (κ1) is 24.0. The number of hydrazine groups is 1. The highest BCUT2D eigenvalue weighted by Crippen LogP contribution is 2.35. The van der Waals surface area contributed by atoms with Crippen LogP contribution in [-0.2, 0) is 23.2 Å². The lowest BCUT2D eigenvalue weighted by atomic mass is 9.91. The molecule has 2 aromatic rings. The number of carbonyl (C=O) groups is 1. The topological polar surface area (TPSA) is 84.6 Å². The summed E-state index contributed by atoms with van der Waals surface area (Å²) in [4.78, 5) is 18.1. The van der Waals surface area contributed by atoms with Gasteiger partial charge in [0.25, 0.3) is 0 Å². The summed E-state index contributed by atoms with van der Waals surface area (Å²) in [6.07, 6.45) is 3.81. The Morgan fingerprint density at radius 1 is 1.14 bits per heavy atom. The van der Waals surface area contributed by atoms with Crippen LogP contribution in [0.3, 0.4) is 0 Å². The third-order valence-electron chi connectivity index (χ3n) is 7.20. The van der Waals surface area contributed by atoms with Gasteiger partial charge in [-0.05, 0) is 68.6 Å². The number of pyridine rings is 1. The summed E-state index contributed by atoms with van der Waals surface area (Å²) in [6.45, 7) is 13.2. The van der Waals surface area contributed by atoms with E-state index in [0.717, 1.165) is 43.0 Å². The van der Waals surface area contributed by atoms with Crippen molar-refractivity contribution in [2.75, 3.05) is 23.4 Å². The van der Waals surface area contributed by atoms with Gasteiger partial charge in [-0.25, -0.2) is 5.01 Å². The zero-order valence-electron chi connectivity index (χ0n) is 21.6. The first-order valence-corrected chi connectivity index (χ1v) is 12.9. The second kappa shape index (κ2) is 9.41. The zero-order chi connectivity index (χ0) is 24.7. The number of aromatic nitrogens is 1.